The summed E-state index contributed by atoms with van der Waals surface area (Å²) in [6.45, 7) is 3.57. The van der Waals surface area contributed by atoms with Crippen LogP contribution in [0.4, 0.5) is 5.13 Å². The predicted octanol–water partition coefficient (Wildman–Crippen LogP) is -0.719. The Kier molecular flexibility index (Phi) is 3.80. The van der Waals surface area contributed by atoms with Crippen LogP contribution in [0.1, 0.15) is 13.8 Å². The normalized spacial score (nSPS) is 24.5. The summed E-state index contributed by atoms with van der Waals surface area (Å²) in [5.41, 5.74) is 4.74. The number of aromatic nitrogens is 2. The highest BCUT2D eigenvalue weighted by atomic mass is 32.2. The Morgan fingerprint density at radius 1 is 1.58 bits per heavy atom. The zero-order valence-corrected chi connectivity index (χ0v) is 12.2. The molecule has 1 saturated heterocycles. The molecule has 0 aliphatic carbocycles. The molecule has 1 aliphatic rings. The number of rotatable bonds is 3. The summed E-state index contributed by atoms with van der Waals surface area (Å²) >= 11 is 0.820. The molecule has 1 unspecified atom stereocenters. The molecular weight excluding hydrogens is 292 g/mol. The Hall–Kier alpha value is -0.810. The second kappa shape index (κ2) is 4.94. The highest BCUT2D eigenvalue weighted by Crippen LogP contribution is 2.28. The second-order valence-corrected chi connectivity index (χ2v) is 8.01. The Balaban J connectivity index is 2.29. The Bertz CT molecular complexity index is 556. The van der Waals surface area contributed by atoms with Crippen LogP contribution in [0, 0.1) is 0 Å². The lowest BCUT2D eigenvalue weighted by Gasteiger charge is -2.40. The quantitative estimate of drug-likeness (QED) is 0.756. The first-order valence-corrected chi connectivity index (χ1v) is 7.88. The number of anilines is 1. The van der Waals surface area contributed by atoms with Crippen molar-refractivity contribution >= 4 is 26.5 Å². The summed E-state index contributed by atoms with van der Waals surface area (Å²) < 4.78 is 31.5. The van der Waals surface area contributed by atoms with E-state index in [1.165, 1.54) is 4.31 Å². The largest absolute Gasteiger partial charge is 0.394 e. The predicted molar refractivity (Wildman–Crippen MR) is 69.1 cm³/mol. The molecule has 0 saturated carbocycles. The smallest absolute Gasteiger partial charge is 0.272 e. The summed E-state index contributed by atoms with van der Waals surface area (Å²) in [5.74, 6) is 0. The summed E-state index contributed by atoms with van der Waals surface area (Å²) in [6, 6.07) is 0. The van der Waals surface area contributed by atoms with E-state index in [1.807, 2.05) is 0 Å². The van der Waals surface area contributed by atoms with Crippen molar-refractivity contribution in [3.05, 3.63) is 0 Å². The molecule has 2 rings (SSSR count). The maximum atomic E-state index is 12.4. The number of nitrogens with two attached hydrogens (primary N) is 1. The molecule has 0 bridgehead atoms. The molecule has 108 valence electrons. The molecule has 0 amide bonds. The van der Waals surface area contributed by atoms with Crippen LogP contribution in [-0.2, 0) is 14.8 Å². The van der Waals surface area contributed by atoms with E-state index in [0.29, 0.717) is 0 Å². The first kappa shape index (κ1) is 14.6. The van der Waals surface area contributed by atoms with Crippen molar-refractivity contribution in [3.8, 4) is 0 Å². The van der Waals surface area contributed by atoms with E-state index in [1.54, 1.807) is 13.8 Å². The van der Waals surface area contributed by atoms with E-state index in [4.69, 9.17) is 10.5 Å². The number of ether oxygens (including phenoxy) is 1. The van der Waals surface area contributed by atoms with Crippen LogP contribution in [-0.4, -0.2) is 59.4 Å². The van der Waals surface area contributed by atoms with Gasteiger partial charge in [-0.15, -0.1) is 10.2 Å². The minimum absolute atomic E-state index is 0.0851. The Labute approximate surface area is 115 Å². The summed E-state index contributed by atoms with van der Waals surface area (Å²) in [5, 5.41) is 16.4. The summed E-state index contributed by atoms with van der Waals surface area (Å²) in [6.07, 6.45) is -0.552. The molecule has 1 atom stereocenters. The van der Waals surface area contributed by atoms with E-state index < -0.39 is 21.7 Å². The zero-order valence-electron chi connectivity index (χ0n) is 10.6. The van der Waals surface area contributed by atoms with Crippen molar-refractivity contribution < 1.29 is 18.3 Å². The summed E-state index contributed by atoms with van der Waals surface area (Å²) in [7, 11) is -3.75. The fourth-order valence-electron chi connectivity index (χ4n) is 1.96. The van der Waals surface area contributed by atoms with Gasteiger partial charge < -0.3 is 15.6 Å². The fraction of sp³-hybridized carbons (Fsp3) is 0.778. The average Bonchev–Trinajstić information content (AvgIpc) is 2.74. The highest BCUT2D eigenvalue weighted by Gasteiger charge is 2.40. The van der Waals surface area contributed by atoms with Crippen LogP contribution in [0.3, 0.4) is 0 Å². The van der Waals surface area contributed by atoms with E-state index in [9.17, 15) is 13.5 Å². The maximum absolute atomic E-state index is 12.4. The van der Waals surface area contributed by atoms with E-state index in [0.717, 1.165) is 11.3 Å². The van der Waals surface area contributed by atoms with Gasteiger partial charge in [0, 0.05) is 13.1 Å². The van der Waals surface area contributed by atoms with Gasteiger partial charge in [-0.3, -0.25) is 0 Å². The molecule has 1 aromatic rings. The number of hydrogen-bond donors (Lipinski definition) is 2. The molecule has 0 radical (unpaired) electrons. The van der Waals surface area contributed by atoms with Crippen LogP contribution >= 0.6 is 11.3 Å². The maximum Gasteiger partial charge on any atom is 0.272 e. The fourth-order valence-corrected chi connectivity index (χ4v) is 4.50. The van der Waals surface area contributed by atoms with Crippen molar-refractivity contribution in [2.75, 3.05) is 25.4 Å². The second-order valence-electron chi connectivity index (χ2n) is 4.89. The van der Waals surface area contributed by atoms with Gasteiger partial charge in [0.15, 0.2) is 0 Å². The van der Waals surface area contributed by atoms with E-state index in [-0.39, 0.29) is 29.2 Å². The first-order valence-electron chi connectivity index (χ1n) is 5.62. The number of aliphatic hydroxyl groups is 1. The third-order valence-electron chi connectivity index (χ3n) is 2.64. The van der Waals surface area contributed by atoms with Gasteiger partial charge in [-0.1, -0.05) is 11.3 Å². The van der Waals surface area contributed by atoms with Gasteiger partial charge in [0.05, 0.1) is 18.3 Å². The van der Waals surface area contributed by atoms with Crippen molar-refractivity contribution in [3.63, 3.8) is 0 Å². The van der Waals surface area contributed by atoms with Gasteiger partial charge in [0.1, 0.15) is 0 Å². The van der Waals surface area contributed by atoms with Crippen LogP contribution in [0.5, 0.6) is 0 Å². The lowest BCUT2D eigenvalue weighted by molar-refractivity contribution is -0.131. The third-order valence-corrected chi connectivity index (χ3v) is 5.55. The zero-order chi connectivity index (χ0) is 14.3. The van der Waals surface area contributed by atoms with Crippen molar-refractivity contribution in [1.82, 2.24) is 14.5 Å². The molecule has 19 heavy (non-hydrogen) atoms. The monoisotopic (exact) mass is 308 g/mol. The average molecular weight is 308 g/mol. The van der Waals surface area contributed by atoms with Crippen LogP contribution in [0.15, 0.2) is 4.34 Å². The van der Waals surface area contributed by atoms with E-state index >= 15 is 0 Å². The minimum Gasteiger partial charge on any atom is -0.394 e. The van der Waals surface area contributed by atoms with Gasteiger partial charge in [-0.05, 0) is 13.8 Å². The number of nitrogen functional groups attached to an aromatic ring is 1. The number of sulfonamides is 1. The minimum atomic E-state index is -3.75. The SMILES string of the molecule is CC1(C)CN(S(=O)(=O)c2nnc(N)s2)CC(CO)O1. The molecule has 2 heterocycles. The van der Waals surface area contributed by atoms with Gasteiger partial charge in [0.25, 0.3) is 10.0 Å². The topological polar surface area (TPSA) is 119 Å². The van der Waals surface area contributed by atoms with E-state index in [2.05, 4.69) is 10.2 Å². The number of hydrogen-bond acceptors (Lipinski definition) is 8. The number of morpholine rings is 1. The van der Waals surface area contributed by atoms with Gasteiger partial charge >= 0.3 is 0 Å². The first-order chi connectivity index (χ1) is 8.74. The summed E-state index contributed by atoms with van der Waals surface area (Å²) in [4.78, 5) is 0. The molecule has 8 nitrogen and oxygen atoms in total. The molecule has 1 fully saturated rings. The van der Waals surface area contributed by atoms with Gasteiger partial charge in [-0.25, -0.2) is 8.42 Å². The lowest BCUT2D eigenvalue weighted by Crippen LogP contribution is -2.55. The molecule has 10 heteroatoms. The van der Waals surface area contributed by atoms with Crippen molar-refractivity contribution in [2.24, 2.45) is 0 Å². The van der Waals surface area contributed by atoms with Gasteiger partial charge in [-0.2, -0.15) is 4.31 Å². The molecule has 3 N–H and O–H groups in total. The standard InChI is InChI=1S/C9H16N4O4S2/c1-9(2)5-13(3-6(4-14)17-9)19(15,16)8-12-11-7(10)18-8/h6,14H,3-5H2,1-2H3,(H2,10,11). The van der Waals surface area contributed by atoms with Crippen molar-refractivity contribution in [2.45, 2.75) is 29.9 Å². The lowest BCUT2D eigenvalue weighted by atomic mass is 10.1. The Morgan fingerprint density at radius 3 is 2.79 bits per heavy atom. The van der Waals surface area contributed by atoms with Crippen LogP contribution in [0.2, 0.25) is 0 Å². The molecule has 0 spiro atoms. The van der Waals surface area contributed by atoms with Crippen molar-refractivity contribution in [1.29, 1.82) is 0 Å². The third kappa shape index (κ3) is 3.03. The van der Waals surface area contributed by atoms with Crippen LogP contribution < -0.4 is 5.73 Å². The molecule has 0 aromatic carbocycles. The molecule has 1 aliphatic heterocycles. The molecular formula is C9H16N4O4S2. The highest BCUT2D eigenvalue weighted by molar-refractivity contribution is 7.91. The number of aliphatic hydroxyl groups excluding tert-OH is 1. The Morgan fingerprint density at radius 2 is 2.26 bits per heavy atom. The molecule has 1 aromatic heterocycles. The number of nitrogens with zero attached hydrogens (tertiary/aromatic N) is 3. The van der Waals surface area contributed by atoms with Gasteiger partial charge in [0.2, 0.25) is 9.47 Å². The van der Waals surface area contributed by atoms with Crippen LogP contribution in [0.25, 0.3) is 0 Å².